The SMILES string of the molecule is CCCC=CC=CCCCCCC1CC(O)C(N)CN1. The fourth-order valence-electron chi connectivity index (χ4n) is 2.55. The number of nitrogens with two attached hydrogens (primary N) is 1. The molecule has 0 saturated carbocycles. The zero-order valence-electron chi connectivity index (χ0n) is 12.9. The lowest BCUT2D eigenvalue weighted by atomic mass is 9.94. The Morgan fingerprint density at radius 2 is 1.90 bits per heavy atom. The van der Waals surface area contributed by atoms with Crippen LogP contribution in [0.15, 0.2) is 24.3 Å². The van der Waals surface area contributed by atoms with Crippen molar-refractivity contribution in [2.24, 2.45) is 5.73 Å². The summed E-state index contributed by atoms with van der Waals surface area (Å²) in [6, 6.07) is 0.370. The van der Waals surface area contributed by atoms with Crippen molar-refractivity contribution in [1.29, 1.82) is 0 Å². The predicted octanol–water partition coefficient (Wildman–Crippen LogP) is 2.90. The van der Waals surface area contributed by atoms with E-state index in [4.69, 9.17) is 5.73 Å². The molecule has 0 amide bonds. The van der Waals surface area contributed by atoms with Gasteiger partial charge in [-0.05, 0) is 32.1 Å². The quantitative estimate of drug-likeness (QED) is 0.449. The average molecular weight is 280 g/mol. The van der Waals surface area contributed by atoms with E-state index in [1.807, 2.05) is 0 Å². The fourth-order valence-corrected chi connectivity index (χ4v) is 2.55. The molecular weight excluding hydrogens is 248 g/mol. The Balaban J connectivity index is 1.94. The number of unbranched alkanes of at least 4 members (excludes halogenated alkanes) is 4. The van der Waals surface area contributed by atoms with Crippen LogP contribution in [0.2, 0.25) is 0 Å². The Morgan fingerprint density at radius 3 is 2.60 bits per heavy atom. The molecule has 1 aliphatic heterocycles. The van der Waals surface area contributed by atoms with Gasteiger partial charge in [0.2, 0.25) is 0 Å². The third-order valence-electron chi connectivity index (χ3n) is 3.92. The lowest BCUT2D eigenvalue weighted by Crippen LogP contribution is -2.53. The van der Waals surface area contributed by atoms with Gasteiger partial charge in [0.25, 0.3) is 0 Å². The topological polar surface area (TPSA) is 58.3 Å². The van der Waals surface area contributed by atoms with Crippen LogP contribution in [0.1, 0.15) is 58.3 Å². The maximum absolute atomic E-state index is 9.73. The number of piperidine rings is 1. The Kier molecular flexibility index (Phi) is 9.63. The largest absolute Gasteiger partial charge is 0.391 e. The molecule has 0 aliphatic carbocycles. The number of rotatable bonds is 9. The summed E-state index contributed by atoms with van der Waals surface area (Å²) in [7, 11) is 0. The molecule has 1 rings (SSSR count). The first-order valence-electron chi connectivity index (χ1n) is 8.22. The molecule has 4 N–H and O–H groups in total. The molecule has 116 valence electrons. The first-order chi connectivity index (χ1) is 9.74. The minimum atomic E-state index is -0.320. The van der Waals surface area contributed by atoms with Crippen LogP contribution in [-0.4, -0.2) is 29.8 Å². The highest BCUT2D eigenvalue weighted by Gasteiger charge is 2.25. The van der Waals surface area contributed by atoms with Crippen molar-refractivity contribution < 1.29 is 5.11 Å². The number of nitrogens with one attached hydrogen (secondary N) is 1. The third-order valence-corrected chi connectivity index (χ3v) is 3.92. The molecule has 3 atom stereocenters. The summed E-state index contributed by atoms with van der Waals surface area (Å²) in [6.45, 7) is 2.95. The molecule has 0 spiro atoms. The highest BCUT2D eigenvalue weighted by Crippen LogP contribution is 2.14. The summed E-state index contributed by atoms with van der Waals surface area (Å²) in [4.78, 5) is 0. The van der Waals surface area contributed by atoms with Gasteiger partial charge in [0.05, 0.1) is 6.10 Å². The Labute approximate surface area is 124 Å². The van der Waals surface area contributed by atoms with Gasteiger partial charge in [-0.15, -0.1) is 0 Å². The first kappa shape index (κ1) is 17.4. The second-order valence-corrected chi connectivity index (χ2v) is 5.86. The lowest BCUT2D eigenvalue weighted by Gasteiger charge is -2.32. The van der Waals surface area contributed by atoms with E-state index >= 15 is 0 Å². The summed E-state index contributed by atoms with van der Waals surface area (Å²) in [5.41, 5.74) is 5.77. The molecule has 0 aromatic heterocycles. The summed E-state index contributed by atoms with van der Waals surface area (Å²) < 4.78 is 0. The molecule has 0 bridgehead atoms. The normalized spacial score (nSPS) is 27.6. The minimum Gasteiger partial charge on any atom is -0.391 e. The zero-order chi connectivity index (χ0) is 14.6. The van der Waals surface area contributed by atoms with E-state index in [2.05, 4.69) is 36.5 Å². The van der Waals surface area contributed by atoms with Gasteiger partial charge >= 0.3 is 0 Å². The average Bonchev–Trinajstić information content (AvgIpc) is 2.45. The molecule has 3 nitrogen and oxygen atoms in total. The van der Waals surface area contributed by atoms with Gasteiger partial charge < -0.3 is 16.2 Å². The van der Waals surface area contributed by atoms with Crippen LogP contribution in [0.3, 0.4) is 0 Å². The van der Waals surface area contributed by atoms with Gasteiger partial charge in [0, 0.05) is 18.6 Å². The maximum Gasteiger partial charge on any atom is 0.0718 e. The smallest absolute Gasteiger partial charge is 0.0718 e. The molecule has 1 saturated heterocycles. The molecule has 1 heterocycles. The van der Waals surface area contributed by atoms with Crippen molar-refractivity contribution in [3.05, 3.63) is 24.3 Å². The van der Waals surface area contributed by atoms with E-state index in [0.717, 1.165) is 19.4 Å². The van der Waals surface area contributed by atoms with Crippen LogP contribution in [0.25, 0.3) is 0 Å². The molecule has 3 unspecified atom stereocenters. The summed E-state index contributed by atoms with van der Waals surface area (Å²) >= 11 is 0. The Morgan fingerprint density at radius 1 is 1.15 bits per heavy atom. The Bertz CT molecular complexity index is 289. The van der Waals surface area contributed by atoms with Crippen molar-refractivity contribution in [3.8, 4) is 0 Å². The second-order valence-electron chi connectivity index (χ2n) is 5.86. The van der Waals surface area contributed by atoms with Crippen molar-refractivity contribution in [2.45, 2.75) is 76.5 Å². The van der Waals surface area contributed by atoms with Crippen LogP contribution in [0, 0.1) is 0 Å². The van der Waals surface area contributed by atoms with Crippen LogP contribution >= 0.6 is 0 Å². The van der Waals surface area contributed by atoms with Gasteiger partial charge in [0.1, 0.15) is 0 Å². The monoisotopic (exact) mass is 280 g/mol. The third kappa shape index (κ3) is 7.83. The van der Waals surface area contributed by atoms with Crippen molar-refractivity contribution in [3.63, 3.8) is 0 Å². The van der Waals surface area contributed by atoms with Crippen molar-refractivity contribution in [2.75, 3.05) is 6.54 Å². The van der Waals surface area contributed by atoms with E-state index in [1.165, 1.54) is 38.5 Å². The van der Waals surface area contributed by atoms with Crippen LogP contribution in [0.4, 0.5) is 0 Å². The number of hydrogen-bond acceptors (Lipinski definition) is 3. The highest BCUT2D eigenvalue weighted by atomic mass is 16.3. The van der Waals surface area contributed by atoms with Crippen molar-refractivity contribution in [1.82, 2.24) is 5.32 Å². The number of hydrogen-bond donors (Lipinski definition) is 3. The maximum atomic E-state index is 9.73. The highest BCUT2D eigenvalue weighted by molar-refractivity contribution is 5.02. The van der Waals surface area contributed by atoms with Crippen LogP contribution < -0.4 is 11.1 Å². The van der Waals surface area contributed by atoms with E-state index < -0.39 is 0 Å². The molecule has 0 aromatic rings. The molecular formula is C17H32N2O. The standard InChI is InChI=1S/C17H32N2O/c1-2-3-4-5-6-7-8-9-10-11-12-15-13-17(20)16(18)14-19-15/h4-7,15-17,19-20H,2-3,8-14,18H2,1H3. The minimum absolute atomic E-state index is 0.0860. The van der Waals surface area contributed by atoms with Gasteiger partial charge in [-0.1, -0.05) is 50.5 Å². The van der Waals surface area contributed by atoms with Crippen molar-refractivity contribution >= 4 is 0 Å². The van der Waals surface area contributed by atoms with Gasteiger partial charge in [0.15, 0.2) is 0 Å². The molecule has 1 aliphatic rings. The predicted molar refractivity (Wildman–Crippen MR) is 86.7 cm³/mol. The van der Waals surface area contributed by atoms with E-state index in [1.54, 1.807) is 0 Å². The van der Waals surface area contributed by atoms with E-state index in [-0.39, 0.29) is 12.1 Å². The zero-order valence-corrected chi connectivity index (χ0v) is 12.9. The number of aliphatic hydroxyl groups is 1. The molecule has 0 aromatic carbocycles. The summed E-state index contributed by atoms with van der Waals surface area (Å²) in [5, 5.41) is 13.2. The van der Waals surface area contributed by atoms with Gasteiger partial charge in [-0.25, -0.2) is 0 Å². The lowest BCUT2D eigenvalue weighted by molar-refractivity contribution is 0.0936. The van der Waals surface area contributed by atoms with E-state index in [9.17, 15) is 5.11 Å². The molecule has 20 heavy (non-hydrogen) atoms. The van der Waals surface area contributed by atoms with E-state index in [0.29, 0.717) is 6.04 Å². The van der Waals surface area contributed by atoms with Crippen LogP contribution in [-0.2, 0) is 0 Å². The molecule has 1 fully saturated rings. The Hall–Kier alpha value is -0.640. The molecule has 3 heteroatoms. The number of allylic oxidation sites excluding steroid dienone is 4. The number of aliphatic hydroxyl groups excluding tert-OH is 1. The molecule has 0 radical (unpaired) electrons. The van der Waals surface area contributed by atoms with Gasteiger partial charge in [-0.3, -0.25) is 0 Å². The van der Waals surface area contributed by atoms with Crippen LogP contribution in [0.5, 0.6) is 0 Å². The fraction of sp³-hybridized carbons (Fsp3) is 0.765. The van der Waals surface area contributed by atoms with Gasteiger partial charge in [-0.2, -0.15) is 0 Å². The summed E-state index contributed by atoms with van der Waals surface area (Å²) in [5.74, 6) is 0. The second kappa shape index (κ2) is 11.1. The first-order valence-corrected chi connectivity index (χ1v) is 8.22. The summed E-state index contributed by atoms with van der Waals surface area (Å²) in [6.07, 6.45) is 17.8.